The molecule has 1 aromatic carbocycles. The second-order valence-corrected chi connectivity index (χ2v) is 5.38. The van der Waals surface area contributed by atoms with Crippen LogP contribution in [0.25, 0.3) is 0 Å². The summed E-state index contributed by atoms with van der Waals surface area (Å²) >= 11 is 3.42. The number of hydrogen-bond acceptors (Lipinski definition) is 2. The van der Waals surface area contributed by atoms with Crippen molar-refractivity contribution in [1.29, 1.82) is 0 Å². The molecular weight excluding hydrogens is 268 g/mol. The first-order valence-corrected chi connectivity index (χ1v) is 6.40. The summed E-state index contributed by atoms with van der Waals surface area (Å²) in [5, 5.41) is 6.48. The summed E-state index contributed by atoms with van der Waals surface area (Å²) in [6.07, 6.45) is 3.23. The molecule has 1 heterocycles. The van der Waals surface area contributed by atoms with Gasteiger partial charge in [-0.05, 0) is 31.0 Å². The van der Waals surface area contributed by atoms with E-state index in [9.17, 15) is 4.79 Å². The molecular formula is C12H13BrN2O. The lowest BCUT2D eigenvalue weighted by atomic mass is 10.0. The summed E-state index contributed by atoms with van der Waals surface area (Å²) in [6, 6.07) is 6.26. The predicted octanol–water partition coefficient (Wildman–Crippen LogP) is 2.98. The smallest absolute Gasteiger partial charge is 0.229 e. The summed E-state index contributed by atoms with van der Waals surface area (Å²) in [7, 11) is 0. The molecule has 1 aliphatic heterocycles. The number of carbonyl (C=O) groups excluding carboxylic acids is 1. The van der Waals surface area contributed by atoms with Crippen LogP contribution in [0.4, 0.5) is 11.4 Å². The van der Waals surface area contributed by atoms with Crippen LogP contribution in [-0.2, 0) is 4.79 Å². The first kappa shape index (κ1) is 10.1. The Kier molecular flexibility index (Phi) is 2.39. The van der Waals surface area contributed by atoms with Gasteiger partial charge in [-0.15, -0.1) is 0 Å². The van der Waals surface area contributed by atoms with Crippen molar-refractivity contribution in [3.63, 3.8) is 0 Å². The van der Waals surface area contributed by atoms with Crippen molar-refractivity contribution in [2.24, 2.45) is 5.92 Å². The van der Waals surface area contributed by atoms with Crippen molar-refractivity contribution in [2.75, 3.05) is 10.6 Å². The molecule has 1 aromatic rings. The van der Waals surface area contributed by atoms with E-state index in [4.69, 9.17) is 0 Å². The Morgan fingerprint density at radius 3 is 3.00 bits per heavy atom. The third-order valence-electron chi connectivity index (χ3n) is 3.43. The number of anilines is 2. The van der Waals surface area contributed by atoms with E-state index >= 15 is 0 Å². The average Bonchev–Trinajstić information content (AvgIpc) is 2.65. The molecule has 1 fully saturated rings. The van der Waals surface area contributed by atoms with Gasteiger partial charge < -0.3 is 10.6 Å². The van der Waals surface area contributed by atoms with Gasteiger partial charge >= 0.3 is 0 Å². The van der Waals surface area contributed by atoms with E-state index in [2.05, 4.69) is 26.6 Å². The molecule has 1 saturated carbocycles. The number of halogens is 1. The normalized spacial score (nSPS) is 27.4. The van der Waals surface area contributed by atoms with E-state index in [1.165, 1.54) is 0 Å². The van der Waals surface area contributed by atoms with Crippen LogP contribution in [0.1, 0.15) is 19.3 Å². The topological polar surface area (TPSA) is 41.1 Å². The summed E-state index contributed by atoms with van der Waals surface area (Å²) in [5.41, 5.74) is 1.92. The van der Waals surface area contributed by atoms with Gasteiger partial charge in [0.05, 0.1) is 17.3 Å². The molecule has 1 amide bonds. The van der Waals surface area contributed by atoms with Gasteiger partial charge in [-0.1, -0.05) is 22.4 Å². The van der Waals surface area contributed by atoms with Crippen LogP contribution in [0.3, 0.4) is 0 Å². The molecule has 0 saturated heterocycles. The first-order chi connectivity index (χ1) is 7.74. The highest BCUT2D eigenvalue weighted by Crippen LogP contribution is 2.36. The Hall–Kier alpha value is -1.03. The van der Waals surface area contributed by atoms with Crippen LogP contribution in [0.2, 0.25) is 0 Å². The maximum absolute atomic E-state index is 12.0. The fourth-order valence-electron chi connectivity index (χ4n) is 2.62. The second kappa shape index (κ2) is 3.77. The van der Waals surface area contributed by atoms with Crippen LogP contribution >= 0.6 is 15.9 Å². The molecule has 2 aliphatic rings. The summed E-state index contributed by atoms with van der Waals surface area (Å²) < 4.78 is 0.986. The van der Waals surface area contributed by atoms with Gasteiger partial charge in [-0.25, -0.2) is 0 Å². The van der Waals surface area contributed by atoms with Crippen LogP contribution in [-0.4, -0.2) is 11.9 Å². The van der Waals surface area contributed by atoms with Crippen molar-refractivity contribution < 1.29 is 4.79 Å². The Bertz CT molecular complexity index is 447. The number of rotatable bonds is 0. The molecule has 3 nitrogen and oxygen atoms in total. The lowest BCUT2D eigenvalue weighted by Crippen LogP contribution is -2.30. The van der Waals surface area contributed by atoms with E-state index in [0.29, 0.717) is 6.04 Å². The van der Waals surface area contributed by atoms with E-state index in [1.54, 1.807) is 0 Å². The van der Waals surface area contributed by atoms with E-state index in [-0.39, 0.29) is 11.8 Å². The quantitative estimate of drug-likeness (QED) is 0.767. The number of fused-ring (bicyclic) bond motifs is 2. The predicted molar refractivity (Wildman–Crippen MR) is 67.5 cm³/mol. The van der Waals surface area contributed by atoms with Crippen LogP contribution in [0.5, 0.6) is 0 Å². The van der Waals surface area contributed by atoms with Crippen LogP contribution in [0, 0.1) is 5.92 Å². The number of benzene rings is 1. The van der Waals surface area contributed by atoms with Crippen molar-refractivity contribution in [3.05, 3.63) is 22.7 Å². The molecule has 0 aromatic heterocycles. The molecule has 0 spiro atoms. The van der Waals surface area contributed by atoms with Crippen molar-refractivity contribution in [2.45, 2.75) is 25.3 Å². The summed E-state index contributed by atoms with van der Waals surface area (Å²) in [6.45, 7) is 0. The maximum Gasteiger partial charge on any atom is 0.229 e. The van der Waals surface area contributed by atoms with Crippen LogP contribution < -0.4 is 10.6 Å². The van der Waals surface area contributed by atoms with Crippen molar-refractivity contribution in [1.82, 2.24) is 0 Å². The number of carbonyl (C=O) groups is 1. The van der Waals surface area contributed by atoms with Gasteiger partial charge in [-0.3, -0.25) is 4.79 Å². The van der Waals surface area contributed by atoms with E-state index in [0.717, 1.165) is 35.1 Å². The number of nitrogens with one attached hydrogen (secondary N) is 2. The highest BCUT2D eigenvalue weighted by Gasteiger charge is 2.35. The highest BCUT2D eigenvalue weighted by molar-refractivity contribution is 9.10. The second-order valence-electron chi connectivity index (χ2n) is 4.47. The lowest BCUT2D eigenvalue weighted by Gasteiger charge is -2.16. The Morgan fingerprint density at radius 1 is 1.25 bits per heavy atom. The van der Waals surface area contributed by atoms with Crippen LogP contribution in [0.15, 0.2) is 22.7 Å². The zero-order chi connectivity index (χ0) is 11.1. The SMILES string of the molecule is O=C1Nc2cc(Br)ccc2NC2CCCC12. The molecule has 2 atom stereocenters. The third kappa shape index (κ3) is 1.61. The zero-order valence-corrected chi connectivity index (χ0v) is 10.4. The third-order valence-corrected chi connectivity index (χ3v) is 3.93. The summed E-state index contributed by atoms with van der Waals surface area (Å²) in [5.74, 6) is 0.290. The Balaban J connectivity index is 2.01. The van der Waals surface area contributed by atoms with Gasteiger partial charge in [0.25, 0.3) is 0 Å². The fraction of sp³-hybridized carbons (Fsp3) is 0.417. The van der Waals surface area contributed by atoms with Gasteiger partial charge in [0.1, 0.15) is 0 Å². The minimum atomic E-state index is 0.131. The Labute approximate surface area is 103 Å². The minimum Gasteiger partial charge on any atom is -0.380 e. The lowest BCUT2D eigenvalue weighted by molar-refractivity contribution is -0.119. The average molecular weight is 281 g/mol. The van der Waals surface area contributed by atoms with Gasteiger partial charge in [0.15, 0.2) is 0 Å². The first-order valence-electron chi connectivity index (χ1n) is 5.61. The zero-order valence-electron chi connectivity index (χ0n) is 8.79. The van der Waals surface area contributed by atoms with Gasteiger partial charge in [0.2, 0.25) is 5.91 Å². The molecule has 4 heteroatoms. The van der Waals surface area contributed by atoms with E-state index in [1.807, 2.05) is 18.2 Å². The van der Waals surface area contributed by atoms with E-state index < -0.39 is 0 Å². The van der Waals surface area contributed by atoms with Gasteiger partial charge in [0, 0.05) is 10.5 Å². The standard InChI is InChI=1S/C12H13BrN2O/c13-7-4-5-10-11(6-7)15-12(16)8-2-1-3-9(8)14-10/h4-6,8-9,14H,1-3H2,(H,15,16). The van der Waals surface area contributed by atoms with Crippen molar-refractivity contribution in [3.8, 4) is 0 Å². The molecule has 2 unspecified atom stereocenters. The highest BCUT2D eigenvalue weighted by atomic mass is 79.9. The maximum atomic E-state index is 12.0. The largest absolute Gasteiger partial charge is 0.380 e. The summed E-state index contributed by atoms with van der Waals surface area (Å²) in [4.78, 5) is 12.0. The number of amides is 1. The molecule has 2 N–H and O–H groups in total. The molecule has 0 bridgehead atoms. The Morgan fingerprint density at radius 2 is 2.12 bits per heavy atom. The molecule has 16 heavy (non-hydrogen) atoms. The molecule has 1 aliphatic carbocycles. The fourth-order valence-corrected chi connectivity index (χ4v) is 2.98. The molecule has 0 radical (unpaired) electrons. The minimum absolute atomic E-state index is 0.131. The molecule has 84 valence electrons. The van der Waals surface area contributed by atoms with Crippen molar-refractivity contribution >= 4 is 33.2 Å². The molecule has 3 rings (SSSR count). The van der Waals surface area contributed by atoms with Gasteiger partial charge in [-0.2, -0.15) is 0 Å². The number of hydrogen-bond donors (Lipinski definition) is 2. The monoisotopic (exact) mass is 280 g/mol.